The number of hydrogen-bond acceptors (Lipinski definition) is 8. The number of carbonyl (C=O) groups excluding carboxylic acids is 1. The summed E-state index contributed by atoms with van der Waals surface area (Å²) in [6.45, 7) is 13.7. The molecule has 1 N–H and O–H groups in total. The molecule has 3 aromatic rings. The third kappa shape index (κ3) is 6.55. The van der Waals surface area contributed by atoms with Crippen LogP contribution in [0.15, 0.2) is 58.2 Å². The van der Waals surface area contributed by atoms with Crippen LogP contribution in [0.5, 0.6) is 0 Å². The lowest BCUT2D eigenvalue weighted by Gasteiger charge is -2.35. The highest BCUT2D eigenvalue weighted by molar-refractivity contribution is 7.99. The first-order chi connectivity index (χ1) is 17.1. The van der Waals surface area contributed by atoms with E-state index in [9.17, 15) is 4.79 Å². The van der Waals surface area contributed by atoms with E-state index in [0.29, 0.717) is 11.1 Å². The molecule has 1 aliphatic heterocycles. The lowest BCUT2D eigenvalue weighted by molar-refractivity contribution is -0.113. The maximum Gasteiger partial charge on any atom is 0.277 e. The van der Waals surface area contributed by atoms with Crippen LogP contribution in [0.3, 0.4) is 0 Å². The summed E-state index contributed by atoms with van der Waals surface area (Å²) < 4.78 is 5.76. The zero-order valence-electron chi connectivity index (χ0n) is 20.7. The molecule has 1 saturated heterocycles. The van der Waals surface area contributed by atoms with Gasteiger partial charge in [0.25, 0.3) is 5.22 Å². The van der Waals surface area contributed by atoms with Crippen LogP contribution in [-0.4, -0.2) is 72.6 Å². The van der Waals surface area contributed by atoms with Crippen molar-refractivity contribution in [1.82, 2.24) is 15.1 Å². The highest BCUT2D eigenvalue weighted by Crippen LogP contribution is 2.26. The van der Waals surface area contributed by atoms with Crippen LogP contribution < -0.4 is 15.1 Å². The Morgan fingerprint density at radius 3 is 2.29 bits per heavy atom. The molecule has 1 aromatic heterocycles. The fourth-order valence-corrected chi connectivity index (χ4v) is 4.75. The van der Waals surface area contributed by atoms with Gasteiger partial charge in [-0.15, -0.1) is 10.2 Å². The van der Waals surface area contributed by atoms with Crippen LogP contribution in [0.25, 0.3) is 11.5 Å². The van der Waals surface area contributed by atoms with Crippen LogP contribution in [-0.2, 0) is 4.79 Å². The first-order valence-electron chi connectivity index (χ1n) is 12.3. The number of likely N-dealkylation sites (N-methyl/N-ethyl adjacent to an activating group) is 1. The van der Waals surface area contributed by atoms with Gasteiger partial charge in [-0.25, -0.2) is 0 Å². The Bertz CT molecular complexity index is 1070. The van der Waals surface area contributed by atoms with Gasteiger partial charge in [0, 0.05) is 61.9 Å². The second-order valence-corrected chi connectivity index (χ2v) is 9.32. The predicted molar refractivity (Wildman–Crippen MR) is 143 cm³/mol. The smallest absolute Gasteiger partial charge is 0.277 e. The Morgan fingerprint density at radius 1 is 0.971 bits per heavy atom. The molecule has 0 aliphatic carbocycles. The highest BCUT2D eigenvalue weighted by atomic mass is 32.2. The molecule has 8 nitrogen and oxygen atoms in total. The van der Waals surface area contributed by atoms with Gasteiger partial charge in [0.2, 0.25) is 11.8 Å². The number of nitrogens with one attached hydrogen (secondary N) is 1. The highest BCUT2D eigenvalue weighted by Gasteiger charge is 2.16. The number of rotatable bonds is 10. The fourth-order valence-electron chi connectivity index (χ4n) is 4.19. The molecule has 1 amide bonds. The Kier molecular flexibility index (Phi) is 8.65. The molecule has 9 heteroatoms. The van der Waals surface area contributed by atoms with Gasteiger partial charge in [-0.05, 0) is 68.9 Å². The molecule has 2 heterocycles. The van der Waals surface area contributed by atoms with Gasteiger partial charge in [0.1, 0.15) is 0 Å². The number of aromatic nitrogens is 2. The van der Waals surface area contributed by atoms with E-state index in [-0.39, 0.29) is 11.7 Å². The number of piperazine rings is 1. The van der Waals surface area contributed by atoms with Gasteiger partial charge in [-0.2, -0.15) is 0 Å². The van der Waals surface area contributed by atoms with Crippen LogP contribution >= 0.6 is 11.8 Å². The van der Waals surface area contributed by atoms with Gasteiger partial charge < -0.3 is 24.4 Å². The number of nitrogens with zero attached hydrogens (tertiary/aromatic N) is 5. The van der Waals surface area contributed by atoms with Gasteiger partial charge in [-0.3, -0.25) is 4.79 Å². The molecule has 35 heavy (non-hydrogen) atoms. The van der Waals surface area contributed by atoms with Crippen molar-refractivity contribution in [2.24, 2.45) is 0 Å². The van der Waals surface area contributed by atoms with E-state index in [2.05, 4.69) is 75.3 Å². The predicted octanol–water partition coefficient (Wildman–Crippen LogP) is 4.46. The number of carbonyl (C=O) groups is 1. The molecule has 186 valence electrons. The fraction of sp³-hybridized carbons (Fsp3) is 0.423. The van der Waals surface area contributed by atoms with E-state index in [1.807, 2.05) is 24.3 Å². The number of amides is 1. The third-order valence-corrected chi connectivity index (χ3v) is 7.13. The molecule has 0 unspecified atom stereocenters. The minimum Gasteiger partial charge on any atom is -0.411 e. The Hall–Kier alpha value is -3.04. The topological polar surface area (TPSA) is 77.7 Å². The monoisotopic (exact) mass is 494 g/mol. The molecule has 0 spiro atoms. The summed E-state index contributed by atoms with van der Waals surface area (Å²) in [4.78, 5) is 19.6. The summed E-state index contributed by atoms with van der Waals surface area (Å²) in [5.74, 6) is 0.542. The molecule has 1 aliphatic rings. The maximum atomic E-state index is 12.4. The zero-order valence-corrected chi connectivity index (χ0v) is 21.6. The Morgan fingerprint density at radius 2 is 1.66 bits per heavy atom. The molecule has 0 bridgehead atoms. The minimum absolute atomic E-state index is 0.109. The molecular formula is C26H34N6O2S. The molecule has 4 rings (SSSR count). The first-order valence-corrected chi connectivity index (χ1v) is 13.3. The average molecular weight is 495 g/mol. The first kappa shape index (κ1) is 25.1. The number of hydrogen-bond donors (Lipinski definition) is 1. The van der Waals surface area contributed by atoms with E-state index in [0.717, 1.165) is 62.8 Å². The molecular weight excluding hydrogens is 460 g/mol. The lowest BCUT2D eigenvalue weighted by Crippen LogP contribution is -2.46. The van der Waals surface area contributed by atoms with Crippen LogP contribution in [0, 0.1) is 0 Å². The molecule has 0 saturated carbocycles. The van der Waals surface area contributed by atoms with E-state index in [1.165, 1.54) is 17.4 Å². The van der Waals surface area contributed by atoms with Gasteiger partial charge in [-0.1, -0.05) is 18.7 Å². The molecule has 1 fully saturated rings. The average Bonchev–Trinajstić information content (AvgIpc) is 3.38. The Labute approximate surface area is 211 Å². The van der Waals surface area contributed by atoms with Crippen molar-refractivity contribution < 1.29 is 9.21 Å². The summed E-state index contributed by atoms with van der Waals surface area (Å²) in [6.07, 6.45) is 0. The summed E-state index contributed by atoms with van der Waals surface area (Å²) in [5, 5.41) is 11.5. The van der Waals surface area contributed by atoms with Crippen LogP contribution in [0.4, 0.5) is 17.1 Å². The van der Waals surface area contributed by atoms with Gasteiger partial charge in [0.05, 0.1) is 5.75 Å². The molecule has 0 atom stereocenters. The normalized spacial score (nSPS) is 14.2. The van der Waals surface area contributed by atoms with Gasteiger partial charge >= 0.3 is 0 Å². The van der Waals surface area contributed by atoms with E-state index < -0.39 is 0 Å². The van der Waals surface area contributed by atoms with Crippen LogP contribution in [0.2, 0.25) is 0 Å². The summed E-state index contributed by atoms with van der Waals surface area (Å²) in [6, 6.07) is 16.1. The van der Waals surface area contributed by atoms with Crippen molar-refractivity contribution >= 4 is 34.7 Å². The minimum atomic E-state index is -0.109. The Balaban J connectivity index is 1.26. The van der Waals surface area contributed by atoms with Crippen molar-refractivity contribution in [2.45, 2.75) is 26.0 Å². The number of benzene rings is 2. The van der Waals surface area contributed by atoms with Crippen molar-refractivity contribution in [3.63, 3.8) is 0 Å². The van der Waals surface area contributed by atoms with Crippen molar-refractivity contribution in [3.05, 3.63) is 48.5 Å². The summed E-state index contributed by atoms with van der Waals surface area (Å²) in [5.41, 5.74) is 4.00. The zero-order chi connectivity index (χ0) is 24.6. The number of anilines is 3. The van der Waals surface area contributed by atoms with Gasteiger partial charge in [0.15, 0.2) is 0 Å². The van der Waals surface area contributed by atoms with E-state index >= 15 is 0 Å². The molecule has 2 aromatic carbocycles. The van der Waals surface area contributed by atoms with E-state index in [1.54, 1.807) is 0 Å². The van der Waals surface area contributed by atoms with E-state index in [4.69, 9.17) is 4.42 Å². The summed E-state index contributed by atoms with van der Waals surface area (Å²) in [7, 11) is 0. The van der Waals surface area contributed by atoms with Crippen LogP contribution in [0.1, 0.15) is 20.8 Å². The lowest BCUT2D eigenvalue weighted by atomic mass is 10.2. The van der Waals surface area contributed by atoms with Crippen molar-refractivity contribution in [3.8, 4) is 11.5 Å². The largest absolute Gasteiger partial charge is 0.411 e. The quantitative estimate of drug-likeness (QED) is 0.414. The van der Waals surface area contributed by atoms with Crippen molar-refractivity contribution in [2.75, 3.05) is 66.7 Å². The maximum absolute atomic E-state index is 12.4. The third-order valence-electron chi connectivity index (χ3n) is 6.31. The second kappa shape index (κ2) is 12.1. The standard InChI is InChI=1S/C26H34N6O2S/c1-4-30-15-17-32(18-16-30)23-13-9-21(10-14-23)27-24(33)19-35-26-29-28-25(34-26)20-7-11-22(12-8-20)31(5-2)6-3/h7-14H,4-6,15-19H2,1-3H3,(H,27,33). The van der Waals surface area contributed by atoms with Crippen molar-refractivity contribution in [1.29, 1.82) is 0 Å². The molecule has 0 radical (unpaired) electrons. The summed E-state index contributed by atoms with van der Waals surface area (Å²) >= 11 is 1.23. The SMILES string of the molecule is CCN1CCN(c2ccc(NC(=O)CSc3nnc(-c4ccc(N(CC)CC)cc4)o3)cc2)CC1. The second-order valence-electron chi connectivity index (χ2n) is 8.40. The number of thioether (sulfide) groups is 1.